The van der Waals surface area contributed by atoms with E-state index in [1.54, 1.807) is 7.05 Å². The number of amides is 1. The number of piperidine rings is 1. The molecule has 1 fully saturated rings. The summed E-state index contributed by atoms with van der Waals surface area (Å²) >= 11 is 0. The van der Waals surface area contributed by atoms with Crippen LogP contribution in [0.15, 0.2) is 35.3 Å². The first-order valence-corrected chi connectivity index (χ1v) is 10.0. The van der Waals surface area contributed by atoms with Crippen molar-refractivity contribution in [1.82, 2.24) is 20.9 Å². The van der Waals surface area contributed by atoms with Crippen LogP contribution in [-0.4, -0.2) is 62.1 Å². The van der Waals surface area contributed by atoms with Crippen molar-refractivity contribution in [2.24, 2.45) is 4.99 Å². The molecule has 0 radical (unpaired) electrons. The largest absolute Gasteiger partial charge is 0.355 e. The van der Waals surface area contributed by atoms with Crippen molar-refractivity contribution in [1.29, 1.82) is 0 Å². The Hall–Kier alpha value is -2.08. The Kier molecular flexibility index (Phi) is 8.58. The third kappa shape index (κ3) is 7.59. The third-order valence-electron chi connectivity index (χ3n) is 5.12. The van der Waals surface area contributed by atoms with Gasteiger partial charge in [-0.25, -0.2) is 0 Å². The fourth-order valence-corrected chi connectivity index (χ4v) is 3.35. The number of carbonyl (C=O) groups excluding carboxylic acids is 1. The molecule has 0 bridgehead atoms. The molecule has 3 N–H and O–H groups in total. The van der Waals surface area contributed by atoms with Crippen LogP contribution in [0.5, 0.6) is 0 Å². The lowest BCUT2D eigenvalue weighted by Gasteiger charge is -2.41. The maximum absolute atomic E-state index is 12.0. The van der Waals surface area contributed by atoms with Gasteiger partial charge in [0.15, 0.2) is 5.96 Å². The molecule has 1 aliphatic rings. The van der Waals surface area contributed by atoms with E-state index in [0.29, 0.717) is 12.5 Å². The predicted octanol–water partition coefficient (Wildman–Crippen LogP) is 1.77. The lowest BCUT2D eigenvalue weighted by atomic mass is 9.98. The van der Waals surface area contributed by atoms with Gasteiger partial charge in [0.2, 0.25) is 5.91 Å². The first-order valence-electron chi connectivity index (χ1n) is 10.0. The summed E-state index contributed by atoms with van der Waals surface area (Å²) in [6, 6.07) is 10.2. The van der Waals surface area contributed by atoms with E-state index in [9.17, 15) is 4.79 Å². The molecular weight excluding hydrogens is 338 g/mol. The first kappa shape index (κ1) is 21.2. The molecule has 1 aliphatic heterocycles. The van der Waals surface area contributed by atoms with E-state index >= 15 is 0 Å². The van der Waals surface area contributed by atoms with Gasteiger partial charge in [0.05, 0.1) is 6.54 Å². The number of guanidine groups is 1. The van der Waals surface area contributed by atoms with Gasteiger partial charge in [0.1, 0.15) is 0 Å². The van der Waals surface area contributed by atoms with Crippen LogP contribution in [0.4, 0.5) is 0 Å². The molecule has 27 heavy (non-hydrogen) atoms. The molecule has 0 unspecified atom stereocenters. The zero-order valence-corrected chi connectivity index (χ0v) is 17.1. The minimum absolute atomic E-state index is 0.0239. The molecule has 6 nitrogen and oxygen atoms in total. The molecular formula is C21H35N5O. The molecule has 2 rings (SSSR count). The highest BCUT2D eigenvalue weighted by molar-refractivity contribution is 5.86. The van der Waals surface area contributed by atoms with Gasteiger partial charge in [-0.3, -0.25) is 14.7 Å². The summed E-state index contributed by atoms with van der Waals surface area (Å²) in [6.45, 7) is 8.48. The summed E-state index contributed by atoms with van der Waals surface area (Å²) in [6.07, 6.45) is 4.73. The van der Waals surface area contributed by atoms with Gasteiger partial charge in [0.25, 0.3) is 0 Å². The highest BCUT2D eigenvalue weighted by Gasteiger charge is 2.27. The van der Waals surface area contributed by atoms with E-state index in [2.05, 4.69) is 51.8 Å². The second-order valence-electron chi connectivity index (χ2n) is 7.73. The summed E-state index contributed by atoms with van der Waals surface area (Å²) in [7, 11) is 1.73. The maximum Gasteiger partial charge on any atom is 0.239 e. The van der Waals surface area contributed by atoms with Crippen molar-refractivity contribution in [2.45, 2.75) is 45.1 Å². The lowest BCUT2D eigenvalue weighted by Crippen LogP contribution is -2.55. The fourth-order valence-electron chi connectivity index (χ4n) is 3.35. The van der Waals surface area contributed by atoms with E-state index in [1.165, 1.54) is 24.8 Å². The van der Waals surface area contributed by atoms with Crippen LogP contribution in [-0.2, 0) is 11.2 Å². The quantitative estimate of drug-likeness (QED) is 0.480. The Labute approximate surface area is 163 Å². The summed E-state index contributed by atoms with van der Waals surface area (Å²) in [4.78, 5) is 18.8. The minimum Gasteiger partial charge on any atom is -0.355 e. The van der Waals surface area contributed by atoms with Gasteiger partial charge in [0, 0.05) is 25.7 Å². The number of carbonyl (C=O) groups is 1. The lowest BCUT2D eigenvalue weighted by molar-refractivity contribution is -0.119. The molecule has 0 saturated carbocycles. The SMILES string of the molecule is CN=C(NCC(=O)NCCc1ccccc1)NCC(C)(C)N1CCCCC1. The predicted molar refractivity (Wildman–Crippen MR) is 112 cm³/mol. The van der Waals surface area contributed by atoms with Gasteiger partial charge >= 0.3 is 0 Å². The maximum atomic E-state index is 12.0. The van der Waals surface area contributed by atoms with E-state index in [4.69, 9.17) is 0 Å². The number of hydrogen-bond donors (Lipinski definition) is 3. The molecule has 0 spiro atoms. The molecule has 6 heteroatoms. The van der Waals surface area contributed by atoms with Gasteiger partial charge in [-0.05, 0) is 51.8 Å². The Morgan fingerprint density at radius 1 is 1.07 bits per heavy atom. The van der Waals surface area contributed by atoms with E-state index in [1.807, 2.05) is 18.2 Å². The minimum atomic E-state index is -0.0239. The molecule has 1 amide bonds. The molecule has 1 saturated heterocycles. The molecule has 150 valence electrons. The topological polar surface area (TPSA) is 68.8 Å². The number of aliphatic imine (C=N–C) groups is 1. The number of rotatable bonds is 8. The van der Waals surface area contributed by atoms with E-state index in [-0.39, 0.29) is 18.0 Å². The molecule has 1 heterocycles. The summed E-state index contributed by atoms with van der Waals surface area (Å²) in [5.41, 5.74) is 1.29. The van der Waals surface area contributed by atoms with Crippen molar-refractivity contribution in [3.8, 4) is 0 Å². The number of likely N-dealkylation sites (tertiary alicyclic amines) is 1. The fraction of sp³-hybridized carbons (Fsp3) is 0.619. The van der Waals surface area contributed by atoms with Crippen molar-refractivity contribution in [3.63, 3.8) is 0 Å². The van der Waals surface area contributed by atoms with Crippen molar-refractivity contribution >= 4 is 11.9 Å². The number of hydrogen-bond acceptors (Lipinski definition) is 3. The van der Waals surface area contributed by atoms with Crippen molar-refractivity contribution < 1.29 is 4.79 Å². The van der Waals surface area contributed by atoms with E-state index < -0.39 is 0 Å². The normalized spacial score (nSPS) is 16.0. The van der Waals surface area contributed by atoms with Gasteiger partial charge in [-0.1, -0.05) is 36.8 Å². The van der Waals surface area contributed by atoms with Crippen LogP contribution in [0.3, 0.4) is 0 Å². The van der Waals surface area contributed by atoms with Crippen LogP contribution in [0.2, 0.25) is 0 Å². The van der Waals surface area contributed by atoms with Gasteiger partial charge in [-0.15, -0.1) is 0 Å². The Balaban J connectivity index is 1.66. The molecule has 0 aliphatic carbocycles. The van der Waals surface area contributed by atoms with Crippen molar-refractivity contribution in [3.05, 3.63) is 35.9 Å². The molecule has 0 atom stereocenters. The monoisotopic (exact) mass is 373 g/mol. The Bertz CT molecular complexity index is 594. The highest BCUT2D eigenvalue weighted by Crippen LogP contribution is 2.19. The summed E-state index contributed by atoms with van der Waals surface area (Å²) in [5.74, 6) is 0.641. The first-order chi connectivity index (χ1) is 13.0. The third-order valence-corrected chi connectivity index (χ3v) is 5.12. The van der Waals surface area contributed by atoms with Gasteiger partial charge < -0.3 is 16.0 Å². The van der Waals surface area contributed by atoms with Gasteiger partial charge in [-0.2, -0.15) is 0 Å². The van der Waals surface area contributed by atoms with Crippen LogP contribution in [0.25, 0.3) is 0 Å². The van der Waals surface area contributed by atoms with Crippen LogP contribution in [0.1, 0.15) is 38.7 Å². The molecule has 0 aromatic heterocycles. The Morgan fingerprint density at radius 3 is 2.44 bits per heavy atom. The highest BCUT2D eigenvalue weighted by atomic mass is 16.1. The zero-order valence-electron chi connectivity index (χ0n) is 17.1. The number of nitrogens with one attached hydrogen (secondary N) is 3. The van der Waals surface area contributed by atoms with Crippen molar-refractivity contribution in [2.75, 3.05) is 39.8 Å². The standard InChI is InChI=1S/C21H35N5O/c1-21(2,26-14-8-5-9-15-26)17-25-20(22-3)24-16-19(27)23-13-12-18-10-6-4-7-11-18/h4,6-7,10-11H,5,8-9,12-17H2,1-3H3,(H,23,27)(H2,22,24,25). The molecule has 1 aromatic carbocycles. The summed E-state index contributed by atoms with van der Waals surface area (Å²) < 4.78 is 0. The second kappa shape index (κ2) is 10.9. The smallest absolute Gasteiger partial charge is 0.239 e. The molecule has 1 aromatic rings. The van der Waals surface area contributed by atoms with Crippen LogP contribution < -0.4 is 16.0 Å². The summed E-state index contributed by atoms with van der Waals surface area (Å²) in [5, 5.41) is 9.41. The van der Waals surface area contributed by atoms with Crippen LogP contribution in [0, 0.1) is 0 Å². The second-order valence-corrected chi connectivity index (χ2v) is 7.73. The average Bonchev–Trinajstić information content (AvgIpc) is 2.69. The van der Waals surface area contributed by atoms with Crippen LogP contribution >= 0.6 is 0 Å². The Morgan fingerprint density at radius 2 is 1.78 bits per heavy atom. The average molecular weight is 374 g/mol. The number of nitrogens with zero attached hydrogens (tertiary/aromatic N) is 2. The number of benzene rings is 1. The van der Waals surface area contributed by atoms with E-state index in [0.717, 1.165) is 26.1 Å². The zero-order chi connectivity index (χ0) is 19.5.